The van der Waals surface area contributed by atoms with Crippen LogP contribution in [0.5, 0.6) is 11.5 Å². The van der Waals surface area contributed by atoms with Crippen molar-refractivity contribution in [3.8, 4) is 11.5 Å². The van der Waals surface area contributed by atoms with Crippen LogP contribution in [-0.4, -0.2) is 56.3 Å². The second-order valence-corrected chi connectivity index (χ2v) is 5.56. The average molecular weight is 331 g/mol. The van der Waals surface area contributed by atoms with Crippen LogP contribution in [-0.2, 0) is 0 Å². The van der Waals surface area contributed by atoms with Crippen molar-refractivity contribution < 1.29 is 9.47 Å². The average Bonchev–Trinajstić information content (AvgIpc) is 2.59. The van der Waals surface area contributed by atoms with E-state index in [1.165, 1.54) is 6.33 Å². The van der Waals surface area contributed by atoms with Crippen molar-refractivity contribution in [1.29, 1.82) is 0 Å². The highest BCUT2D eigenvalue weighted by Crippen LogP contribution is 2.31. The summed E-state index contributed by atoms with van der Waals surface area (Å²) in [5.41, 5.74) is 0.815. The summed E-state index contributed by atoms with van der Waals surface area (Å²) in [6.07, 6.45) is 2.58. The van der Waals surface area contributed by atoms with Gasteiger partial charge in [0, 0.05) is 18.7 Å². The molecule has 2 N–H and O–H groups in total. The predicted octanol–water partition coefficient (Wildman–Crippen LogP) is 2.60. The molecule has 0 saturated carbocycles. The summed E-state index contributed by atoms with van der Waals surface area (Å²) in [7, 11) is 7.38. The van der Waals surface area contributed by atoms with Gasteiger partial charge in [0.25, 0.3) is 0 Å². The molecular formula is C17H25N5O2. The molecule has 0 radical (unpaired) electrons. The molecule has 0 saturated heterocycles. The van der Waals surface area contributed by atoms with Gasteiger partial charge in [0.15, 0.2) is 0 Å². The van der Waals surface area contributed by atoms with Crippen LogP contribution in [0.25, 0.3) is 0 Å². The Bertz CT molecular complexity index is 649. The van der Waals surface area contributed by atoms with Crippen LogP contribution in [0.3, 0.4) is 0 Å². The zero-order chi connectivity index (χ0) is 17.4. The molecule has 2 rings (SSSR count). The van der Waals surface area contributed by atoms with Crippen LogP contribution >= 0.6 is 0 Å². The lowest BCUT2D eigenvalue weighted by Crippen LogP contribution is -2.16. The molecule has 0 spiro atoms. The molecular weight excluding hydrogens is 306 g/mol. The second-order valence-electron chi connectivity index (χ2n) is 5.56. The van der Waals surface area contributed by atoms with E-state index in [9.17, 15) is 0 Å². The third-order valence-corrected chi connectivity index (χ3v) is 3.43. The number of benzene rings is 1. The van der Waals surface area contributed by atoms with Gasteiger partial charge < -0.3 is 25.0 Å². The lowest BCUT2D eigenvalue weighted by molar-refractivity contribution is 0.395. The maximum Gasteiger partial charge on any atom is 0.146 e. The Kier molecular flexibility index (Phi) is 6.62. The van der Waals surface area contributed by atoms with Crippen molar-refractivity contribution >= 4 is 17.3 Å². The molecule has 0 aliphatic heterocycles. The van der Waals surface area contributed by atoms with Crippen LogP contribution in [0.2, 0.25) is 0 Å². The molecule has 0 amide bonds. The molecule has 1 aromatic carbocycles. The molecule has 130 valence electrons. The van der Waals surface area contributed by atoms with Gasteiger partial charge in [0.05, 0.1) is 19.9 Å². The monoisotopic (exact) mass is 331 g/mol. The number of aromatic nitrogens is 2. The lowest BCUT2D eigenvalue weighted by atomic mass is 10.2. The van der Waals surface area contributed by atoms with Gasteiger partial charge in [-0.15, -0.1) is 0 Å². The topological polar surface area (TPSA) is 71.5 Å². The molecule has 0 bridgehead atoms. The summed E-state index contributed by atoms with van der Waals surface area (Å²) >= 11 is 0. The lowest BCUT2D eigenvalue weighted by Gasteiger charge is -2.13. The van der Waals surface area contributed by atoms with Crippen molar-refractivity contribution in [2.45, 2.75) is 6.42 Å². The smallest absolute Gasteiger partial charge is 0.146 e. The van der Waals surface area contributed by atoms with Crippen molar-refractivity contribution in [3.05, 3.63) is 30.6 Å². The molecule has 7 heteroatoms. The van der Waals surface area contributed by atoms with Gasteiger partial charge in [-0.25, -0.2) is 9.97 Å². The van der Waals surface area contributed by atoms with Gasteiger partial charge in [0.1, 0.15) is 29.5 Å². The number of methoxy groups -OCH3 is 2. The minimum Gasteiger partial charge on any atom is -0.497 e. The normalized spacial score (nSPS) is 10.5. The van der Waals surface area contributed by atoms with Crippen LogP contribution in [0, 0.1) is 0 Å². The minimum atomic E-state index is 0.688. The van der Waals surface area contributed by atoms with Gasteiger partial charge >= 0.3 is 0 Å². The fraction of sp³-hybridized carbons (Fsp3) is 0.412. The van der Waals surface area contributed by atoms with Crippen molar-refractivity contribution in [3.63, 3.8) is 0 Å². The largest absolute Gasteiger partial charge is 0.497 e. The Hall–Kier alpha value is -2.54. The van der Waals surface area contributed by atoms with Gasteiger partial charge in [-0.1, -0.05) is 0 Å². The Labute approximate surface area is 143 Å². The SMILES string of the molecule is COc1ccc(Nc2cc(NCCCN(C)C)ncn2)c(OC)c1. The summed E-state index contributed by atoms with van der Waals surface area (Å²) in [4.78, 5) is 10.6. The van der Waals surface area contributed by atoms with E-state index >= 15 is 0 Å². The molecule has 0 aliphatic carbocycles. The van der Waals surface area contributed by atoms with E-state index in [2.05, 4.69) is 39.6 Å². The number of ether oxygens (including phenoxy) is 2. The molecule has 24 heavy (non-hydrogen) atoms. The van der Waals surface area contributed by atoms with Gasteiger partial charge in [-0.2, -0.15) is 0 Å². The van der Waals surface area contributed by atoms with E-state index in [0.29, 0.717) is 11.6 Å². The number of nitrogens with zero attached hydrogens (tertiary/aromatic N) is 3. The maximum atomic E-state index is 5.39. The van der Waals surface area contributed by atoms with E-state index in [1.54, 1.807) is 14.2 Å². The van der Waals surface area contributed by atoms with E-state index in [4.69, 9.17) is 9.47 Å². The van der Waals surface area contributed by atoms with E-state index < -0.39 is 0 Å². The summed E-state index contributed by atoms with van der Waals surface area (Å²) < 4.78 is 10.6. The molecule has 1 aromatic heterocycles. The minimum absolute atomic E-state index is 0.688. The quantitative estimate of drug-likeness (QED) is 0.684. The molecule has 0 unspecified atom stereocenters. The van der Waals surface area contributed by atoms with Crippen LogP contribution < -0.4 is 20.1 Å². The predicted molar refractivity (Wildman–Crippen MR) is 96.5 cm³/mol. The van der Waals surface area contributed by atoms with E-state index in [1.807, 2.05) is 24.3 Å². The Morgan fingerprint density at radius 1 is 1.04 bits per heavy atom. The highest BCUT2D eigenvalue weighted by Gasteiger charge is 2.07. The first-order valence-electron chi connectivity index (χ1n) is 7.82. The third kappa shape index (κ3) is 5.27. The highest BCUT2D eigenvalue weighted by atomic mass is 16.5. The van der Waals surface area contributed by atoms with E-state index in [0.717, 1.165) is 36.8 Å². The fourth-order valence-corrected chi connectivity index (χ4v) is 2.17. The van der Waals surface area contributed by atoms with Crippen LogP contribution in [0.1, 0.15) is 6.42 Å². The van der Waals surface area contributed by atoms with Crippen molar-refractivity contribution in [2.75, 3.05) is 52.0 Å². The maximum absolute atomic E-state index is 5.39. The first-order valence-corrected chi connectivity index (χ1v) is 7.82. The Balaban J connectivity index is 2.01. The van der Waals surface area contributed by atoms with Crippen LogP contribution in [0.4, 0.5) is 17.3 Å². The Morgan fingerprint density at radius 2 is 1.83 bits per heavy atom. The molecule has 2 aromatic rings. The van der Waals surface area contributed by atoms with Crippen LogP contribution in [0.15, 0.2) is 30.6 Å². The molecule has 0 atom stereocenters. The zero-order valence-electron chi connectivity index (χ0n) is 14.7. The van der Waals surface area contributed by atoms with Gasteiger partial charge in [-0.3, -0.25) is 0 Å². The first kappa shape index (κ1) is 17.8. The highest BCUT2D eigenvalue weighted by molar-refractivity contribution is 5.66. The summed E-state index contributed by atoms with van der Waals surface area (Å²) in [5, 5.41) is 6.55. The number of nitrogens with one attached hydrogen (secondary N) is 2. The van der Waals surface area contributed by atoms with E-state index in [-0.39, 0.29) is 0 Å². The Morgan fingerprint density at radius 3 is 2.54 bits per heavy atom. The number of rotatable bonds is 9. The first-order chi connectivity index (χ1) is 11.6. The molecule has 0 aliphatic rings. The number of hydrogen-bond donors (Lipinski definition) is 2. The van der Waals surface area contributed by atoms with Crippen molar-refractivity contribution in [1.82, 2.24) is 14.9 Å². The second kappa shape index (κ2) is 8.93. The number of hydrogen-bond acceptors (Lipinski definition) is 7. The molecule has 0 fully saturated rings. The molecule has 1 heterocycles. The third-order valence-electron chi connectivity index (χ3n) is 3.43. The summed E-state index contributed by atoms with van der Waals surface area (Å²) in [6.45, 7) is 1.90. The summed E-state index contributed by atoms with van der Waals surface area (Å²) in [6, 6.07) is 7.46. The van der Waals surface area contributed by atoms with Gasteiger partial charge in [0.2, 0.25) is 0 Å². The summed E-state index contributed by atoms with van der Waals surface area (Å²) in [5.74, 6) is 2.92. The van der Waals surface area contributed by atoms with Crippen molar-refractivity contribution in [2.24, 2.45) is 0 Å². The fourth-order valence-electron chi connectivity index (χ4n) is 2.17. The number of anilines is 3. The zero-order valence-corrected chi connectivity index (χ0v) is 14.7. The standard InChI is InChI=1S/C17H25N5O2/c1-22(2)9-5-8-18-16-11-17(20-12-19-16)21-14-7-6-13(23-3)10-15(14)24-4/h6-7,10-12H,5,8-9H2,1-4H3,(H2,18,19,20,21). The molecule has 7 nitrogen and oxygen atoms in total. The van der Waals surface area contributed by atoms with Gasteiger partial charge in [-0.05, 0) is 39.2 Å².